The smallest absolute Gasteiger partial charge is 0.312 e. The zero-order chi connectivity index (χ0) is 20.8. The number of piperidine rings is 1. The van der Waals surface area contributed by atoms with Crippen molar-refractivity contribution in [2.75, 3.05) is 27.4 Å². The maximum Gasteiger partial charge on any atom is 0.312 e. The molecule has 8 heteroatoms. The fourth-order valence-corrected chi connectivity index (χ4v) is 4.20. The molecule has 1 amide bonds. The standard InChI is InChI=1S/C21H26N2O5S/c1-14-6-4-5-9-23(14)19(24)12-28-20(25)11-16-13-29-21(22-16)15-7-8-17(26-2)18(10-15)27-3/h7-8,10,13-14H,4-6,9,11-12H2,1-3H3. The fraction of sp³-hybridized carbons (Fsp3) is 0.476. The SMILES string of the molecule is COc1ccc(-c2nc(CC(=O)OCC(=O)N3CCCCC3C)cs2)cc1OC. The van der Waals surface area contributed by atoms with Crippen molar-refractivity contribution in [2.24, 2.45) is 0 Å². The number of rotatable bonds is 7. The van der Waals surface area contributed by atoms with Gasteiger partial charge in [0.1, 0.15) is 5.01 Å². The van der Waals surface area contributed by atoms with Crippen molar-refractivity contribution in [3.63, 3.8) is 0 Å². The third kappa shape index (κ3) is 5.26. The van der Waals surface area contributed by atoms with Crippen molar-refractivity contribution >= 4 is 23.2 Å². The normalized spacial score (nSPS) is 16.4. The lowest BCUT2D eigenvalue weighted by atomic mass is 10.0. The van der Waals surface area contributed by atoms with Gasteiger partial charge in [-0.05, 0) is 44.4 Å². The minimum Gasteiger partial charge on any atom is -0.493 e. The number of likely N-dealkylation sites (tertiary alicyclic amines) is 1. The molecule has 1 unspecified atom stereocenters. The van der Waals surface area contributed by atoms with Gasteiger partial charge in [0, 0.05) is 23.5 Å². The molecule has 0 radical (unpaired) electrons. The predicted octanol–water partition coefficient (Wildman–Crippen LogP) is 3.31. The second kappa shape index (κ2) is 9.73. The molecule has 1 fully saturated rings. The number of aromatic nitrogens is 1. The van der Waals surface area contributed by atoms with E-state index in [1.165, 1.54) is 11.3 Å². The van der Waals surface area contributed by atoms with Crippen LogP contribution in [0.15, 0.2) is 23.6 Å². The van der Waals surface area contributed by atoms with E-state index in [9.17, 15) is 9.59 Å². The van der Waals surface area contributed by atoms with E-state index in [4.69, 9.17) is 14.2 Å². The number of ether oxygens (including phenoxy) is 3. The molecule has 0 spiro atoms. The van der Waals surface area contributed by atoms with Gasteiger partial charge in [-0.3, -0.25) is 9.59 Å². The number of carbonyl (C=O) groups is 2. The lowest BCUT2D eigenvalue weighted by molar-refractivity contribution is -0.153. The summed E-state index contributed by atoms with van der Waals surface area (Å²) in [7, 11) is 3.16. The van der Waals surface area contributed by atoms with Gasteiger partial charge in [-0.15, -0.1) is 11.3 Å². The van der Waals surface area contributed by atoms with Crippen molar-refractivity contribution in [2.45, 2.75) is 38.6 Å². The van der Waals surface area contributed by atoms with Gasteiger partial charge in [0.2, 0.25) is 0 Å². The lowest BCUT2D eigenvalue weighted by Crippen LogP contribution is -2.44. The summed E-state index contributed by atoms with van der Waals surface area (Å²) in [5, 5.41) is 2.59. The molecule has 1 aromatic carbocycles. The first-order valence-corrected chi connectivity index (χ1v) is 10.5. The van der Waals surface area contributed by atoms with Gasteiger partial charge in [-0.2, -0.15) is 0 Å². The summed E-state index contributed by atoms with van der Waals surface area (Å²) >= 11 is 1.43. The predicted molar refractivity (Wildman–Crippen MR) is 110 cm³/mol. The van der Waals surface area contributed by atoms with E-state index >= 15 is 0 Å². The quantitative estimate of drug-likeness (QED) is 0.642. The molecule has 1 aromatic heterocycles. The Morgan fingerprint density at radius 1 is 1.21 bits per heavy atom. The van der Waals surface area contributed by atoms with Crippen LogP contribution in [0.3, 0.4) is 0 Å². The number of methoxy groups -OCH3 is 2. The van der Waals surface area contributed by atoms with Crippen LogP contribution in [0.25, 0.3) is 10.6 Å². The first-order valence-electron chi connectivity index (χ1n) is 9.63. The second-order valence-corrected chi connectivity index (χ2v) is 7.84. The summed E-state index contributed by atoms with van der Waals surface area (Å²) < 4.78 is 15.8. The van der Waals surface area contributed by atoms with E-state index in [0.717, 1.165) is 36.4 Å². The number of hydrogen-bond acceptors (Lipinski definition) is 7. The Hall–Kier alpha value is -2.61. The minimum atomic E-state index is -0.452. The number of benzene rings is 1. The van der Waals surface area contributed by atoms with Crippen LogP contribution in [0.1, 0.15) is 31.9 Å². The highest BCUT2D eigenvalue weighted by atomic mass is 32.1. The molecule has 0 N–H and O–H groups in total. The summed E-state index contributed by atoms with van der Waals surface area (Å²) in [6.45, 7) is 2.55. The molecule has 7 nitrogen and oxygen atoms in total. The van der Waals surface area contributed by atoms with Crippen LogP contribution in [0.2, 0.25) is 0 Å². The molecule has 1 saturated heterocycles. The van der Waals surface area contributed by atoms with Gasteiger partial charge in [-0.1, -0.05) is 0 Å². The second-order valence-electron chi connectivity index (χ2n) is 6.98. The molecule has 156 valence electrons. The zero-order valence-electron chi connectivity index (χ0n) is 17.0. The van der Waals surface area contributed by atoms with Crippen molar-refractivity contribution < 1.29 is 23.8 Å². The highest BCUT2D eigenvalue weighted by molar-refractivity contribution is 7.13. The molecule has 0 aliphatic carbocycles. The molecule has 1 aliphatic heterocycles. The maximum absolute atomic E-state index is 12.3. The number of amides is 1. The lowest BCUT2D eigenvalue weighted by Gasteiger charge is -2.33. The first kappa shape index (κ1) is 21.1. The van der Waals surface area contributed by atoms with E-state index in [0.29, 0.717) is 17.2 Å². The number of nitrogens with zero attached hydrogens (tertiary/aromatic N) is 2. The molecule has 0 saturated carbocycles. The summed E-state index contributed by atoms with van der Waals surface area (Å²) in [4.78, 5) is 30.7. The molecule has 3 rings (SSSR count). The van der Waals surface area contributed by atoms with Gasteiger partial charge in [0.15, 0.2) is 18.1 Å². The number of esters is 1. The van der Waals surface area contributed by atoms with Crippen LogP contribution in [0, 0.1) is 0 Å². The van der Waals surface area contributed by atoms with Crippen LogP contribution >= 0.6 is 11.3 Å². The molecule has 2 heterocycles. The third-order valence-electron chi connectivity index (χ3n) is 4.99. The fourth-order valence-electron chi connectivity index (χ4n) is 3.38. The summed E-state index contributed by atoms with van der Waals surface area (Å²) in [6.07, 6.45) is 3.17. The van der Waals surface area contributed by atoms with Gasteiger partial charge in [-0.25, -0.2) is 4.98 Å². The Bertz CT molecular complexity index is 867. The number of thiazole rings is 1. The van der Waals surface area contributed by atoms with Gasteiger partial charge >= 0.3 is 5.97 Å². The van der Waals surface area contributed by atoms with Crippen LogP contribution in [0.4, 0.5) is 0 Å². The monoisotopic (exact) mass is 418 g/mol. The third-order valence-corrected chi connectivity index (χ3v) is 5.93. The minimum absolute atomic E-state index is 0.0343. The Kier molecular flexibility index (Phi) is 7.09. The van der Waals surface area contributed by atoms with Crippen LogP contribution in [-0.2, 0) is 20.7 Å². The van der Waals surface area contributed by atoms with Crippen molar-refractivity contribution in [3.05, 3.63) is 29.3 Å². The highest BCUT2D eigenvalue weighted by Crippen LogP contribution is 2.33. The summed E-state index contributed by atoms with van der Waals surface area (Å²) in [5.74, 6) is 0.679. The van der Waals surface area contributed by atoms with Gasteiger partial charge in [0.05, 0.1) is 26.3 Å². The van der Waals surface area contributed by atoms with E-state index < -0.39 is 5.97 Å². The maximum atomic E-state index is 12.3. The molecule has 1 aliphatic rings. The largest absolute Gasteiger partial charge is 0.493 e. The number of carbonyl (C=O) groups excluding carboxylic acids is 2. The van der Waals surface area contributed by atoms with Crippen molar-refractivity contribution in [1.29, 1.82) is 0 Å². The Morgan fingerprint density at radius 3 is 2.72 bits per heavy atom. The Balaban J connectivity index is 1.56. The van der Waals surface area contributed by atoms with Gasteiger partial charge < -0.3 is 19.1 Å². The highest BCUT2D eigenvalue weighted by Gasteiger charge is 2.24. The molecule has 29 heavy (non-hydrogen) atoms. The van der Waals surface area contributed by atoms with E-state index in [1.807, 2.05) is 30.5 Å². The molecule has 1 atom stereocenters. The topological polar surface area (TPSA) is 78.0 Å². The molecular formula is C21H26N2O5S. The average molecular weight is 419 g/mol. The summed E-state index contributed by atoms with van der Waals surface area (Å²) in [5.41, 5.74) is 1.49. The van der Waals surface area contributed by atoms with Crippen LogP contribution < -0.4 is 9.47 Å². The van der Waals surface area contributed by atoms with Gasteiger partial charge in [0.25, 0.3) is 5.91 Å². The van der Waals surface area contributed by atoms with E-state index in [2.05, 4.69) is 4.98 Å². The Morgan fingerprint density at radius 2 is 2.00 bits per heavy atom. The van der Waals surface area contributed by atoms with Crippen molar-refractivity contribution in [3.8, 4) is 22.1 Å². The number of hydrogen-bond donors (Lipinski definition) is 0. The van der Waals surface area contributed by atoms with E-state index in [-0.39, 0.29) is 25.0 Å². The zero-order valence-corrected chi connectivity index (χ0v) is 17.8. The molecule has 2 aromatic rings. The first-order chi connectivity index (χ1) is 14.0. The summed E-state index contributed by atoms with van der Waals surface area (Å²) in [6, 6.07) is 5.76. The molecular weight excluding hydrogens is 392 g/mol. The molecule has 0 bridgehead atoms. The van der Waals surface area contributed by atoms with E-state index in [1.54, 1.807) is 19.1 Å². The average Bonchev–Trinajstić information content (AvgIpc) is 3.20. The Labute approximate surface area is 174 Å². The van der Waals surface area contributed by atoms with Crippen molar-refractivity contribution in [1.82, 2.24) is 9.88 Å². The van der Waals surface area contributed by atoms with Crippen LogP contribution in [0.5, 0.6) is 11.5 Å². The van der Waals surface area contributed by atoms with Crippen LogP contribution in [-0.4, -0.2) is 55.2 Å².